The van der Waals surface area contributed by atoms with Crippen LogP contribution in [0.3, 0.4) is 0 Å². The van der Waals surface area contributed by atoms with Crippen molar-refractivity contribution < 1.29 is 4.79 Å². The van der Waals surface area contributed by atoms with E-state index >= 15 is 0 Å². The number of benzene rings is 1. The predicted molar refractivity (Wildman–Crippen MR) is 47.1 cm³/mol. The Bertz CT molecular complexity index is 328. The van der Waals surface area contributed by atoms with Crippen LogP contribution in [0.2, 0.25) is 0 Å². The Hall–Kier alpha value is -1.86. The maximum Gasteiger partial charge on any atom is 0.254 e. The summed E-state index contributed by atoms with van der Waals surface area (Å²) in [5.41, 5.74) is 6.25. The highest BCUT2D eigenvalue weighted by Gasteiger charge is 2.13. The number of carbonyl (C=O) groups excluding carboxylic acids is 1. The molecule has 1 aromatic carbocycles. The smallest absolute Gasteiger partial charge is 0.254 e. The van der Waals surface area contributed by atoms with Gasteiger partial charge in [-0.15, -0.1) is 0 Å². The van der Waals surface area contributed by atoms with E-state index in [0.29, 0.717) is 5.56 Å². The van der Waals surface area contributed by atoms with E-state index in [0.717, 1.165) is 0 Å². The monoisotopic (exact) mass is 175 g/mol. The molecule has 0 unspecified atom stereocenters. The lowest BCUT2D eigenvalue weighted by Crippen LogP contribution is -2.30. The van der Waals surface area contributed by atoms with Crippen LogP contribution in [0.4, 0.5) is 0 Å². The third-order valence-corrected chi connectivity index (χ3v) is 1.62. The van der Waals surface area contributed by atoms with E-state index in [1.54, 1.807) is 24.3 Å². The van der Waals surface area contributed by atoms with Crippen molar-refractivity contribution in [3.63, 3.8) is 0 Å². The number of hydrogen-bond acceptors (Lipinski definition) is 3. The van der Waals surface area contributed by atoms with Crippen molar-refractivity contribution in [3.8, 4) is 6.19 Å². The van der Waals surface area contributed by atoms with Crippen molar-refractivity contribution in [3.05, 3.63) is 35.9 Å². The lowest BCUT2D eigenvalue weighted by atomic mass is 10.1. The molecule has 0 aliphatic carbocycles. The summed E-state index contributed by atoms with van der Waals surface area (Å²) in [6, 6.07) is 8.10. The van der Waals surface area contributed by atoms with Gasteiger partial charge in [-0.3, -0.25) is 10.1 Å². The summed E-state index contributed by atoms with van der Waals surface area (Å²) in [5, 5.41) is 10.2. The van der Waals surface area contributed by atoms with Gasteiger partial charge in [0.15, 0.2) is 6.19 Å². The predicted octanol–water partition coefficient (Wildman–Crippen LogP) is 0.284. The molecule has 0 aliphatic rings. The van der Waals surface area contributed by atoms with Crippen LogP contribution in [0, 0.1) is 11.5 Å². The third kappa shape index (κ3) is 2.29. The average molecular weight is 175 g/mol. The van der Waals surface area contributed by atoms with Gasteiger partial charge in [0.2, 0.25) is 0 Å². The Labute approximate surface area is 76.0 Å². The topological polar surface area (TPSA) is 78.9 Å². The molecule has 13 heavy (non-hydrogen) atoms. The number of nitrogens with zero attached hydrogens (tertiary/aromatic N) is 1. The number of nitrogens with two attached hydrogens (primary N) is 1. The van der Waals surface area contributed by atoms with Crippen LogP contribution in [0.5, 0.6) is 0 Å². The third-order valence-electron chi connectivity index (χ3n) is 1.62. The molecule has 0 heterocycles. The summed E-state index contributed by atoms with van der Waals surface area (Å²) in [7, 11) is 0. The van der Waals surface area contributed by atoms with Gasteiger partial charge >= 0.3 is 0 Å². The molecule has 3 N–H and O–H groups in total. The minimum absolute atomic E-state index is 0.492. The Morgan fingerprint density at radius 2 is 2.08 bits per heavy atom. The zero-order chi connectivity index (χ0) is 9.68. The number of amides is 1. The second-order valence-electron chi connectivity index (χ2n) is 2.49. The SMILES string of the molecule is N#CNC(=O)[C@H](N)c1ccccc1. The summed E-state index contributed by atoms with van der Waals surface area (Å²) >= 11 is 0. The second kappa shape index (κ2) is 4.24. The van der Waals surface area contributed by atoms with Crippen molar-refractivity contribution in [1.82, 2.24) is 5.32 Å². The molecule has 1 rings (SSSR count). The normalized spacial score (nSPS) is 11.4. The van der Waals surface area contributed by atoms with E-state index in [9.17, 15) is 4.79 Å². The van der Waals surface area contributed by atoms with Crippen LogP contribution >= 0.6 is 0 Å². The fourth-order valence-corrected chi connectivity index (χ4v) is 0.945. The Morgan fingerprint density at radius 1 is 1.46 bits per heavy atom. The van der Waals surface area contributed by atoms with Crippen LogP contribution < -0.4 is 11.1 Å². The molecule has 0 bridgehead atoms. The molecule has 0 aromatic heterocycles. The van der Waals surface area contributed by atoms with Gasteiger partial charge < -0.3 is 5.73 Å². The molecular weight excluding hydrogens is 166 g/mol. The standard InChI is InChI=1S/C9H9N3O/c10-6-12-9(13)8(11)7-4-2-1-3-5-7/h1-5,8H,11H2,(H,12,13)/t8-/m1/s1. The van der Waals surface area contributed by atoms with Crippen LogP contribution in [0.25, 0.3) is 0 Å². The van der Waals surface area contributed by atoms with Crippen LogP contribution in [-0.4, -0.2) is 5.91 Å². The number of rotatable bonds is 2. The van der Waals surface area contributed by atoms with Gasteiger partial charge in [-0.2, -0.15) is 5.26 Å². The van der Waals surface area contributed by atoms with Crippen molar-refractivity contribution >= 4 is 5.91 Å². The minimum atomic E-state index is -0.777. The molecule has 4 nitrogen and oxygen atoms in total. The lowest BCUT2D eigenvalue weighted by molar-refractivity contribution is -0.121. The minimum Gasteiger partial charge on any atom is -0.316 e. The van der Waals surface area contributed by atoms with E-state index in [4.69, 9.17) is 11.0 Å². The van der Waals surface area contributed by atoms with Gasteiger partial charge in [0, 0.05) is 0 Å². The molecule has 0 radical (unpaired) electrons. The molecule has 0 aliphatic heterocycles. The molecule has 4 heteroatoms. The zero-order valence-electron chi connectivity index (χ0n) is 6.90. The molecule has 1 amide bonds. The molecule has 0 saturated heterocycles. The van der Waals surface area contributed by atoms with Crippen LogP contribution in [0.15, 0.2) is 30.3 Å². The maximum absolute atomic E-state index is 11.1. The van der Waals surface area contributed by atoms with Crippen molar-refractivity contribution in [1.29, 1.82) is 5.26 Å². The first kappa shape index (κ1) is 9.23. The van der Waals surface area contributed by atoms with E-state index in [1.807, 2.05) is 11.4 Å². The van der Waals surface area contributed by atoms with Gasteiger partial charge in [0.25, 0.3) is 5.91 Å². The highest BCUT2D eigenvalue weighted by Crippen LogP contribution is 2.08. The zero-order valence-corrected chi connectivity index (χ0v) is 6.90. The Balaban J connectivity index is 2.75. The van der Waals surface area contributed by atoms with Gasteiger partial charge in [0.1, 0.15) is 6.04 Å². The molecule has 0 fully saturated rings. The lowest BCUT2D eigenvalue weighted by Gasteiger charge is -2.07. The number of nitriles is 1. The van der Waals surface area contributed by atoms with E-state index < -0.39 is 11.9 Å². The summed E-state index contributed by atoms with van der Waals surface area (Å²) in [4.78, 5) is 11.1. The largest absolute Gasteiger partial charge is 0.316 e. The first-order chi connectivity index (χ1) is 6.25. The van der Waals surface area contributed by atoms with Gasteiger partial charge in [-0.05, 0) is 5.56 Å². The number of hydrogen-bond donors (Lipinski definition) is 2. The highest BCUT2D eigenvalue weighted by molar-refractivity contribution is 5.84. The quantitative estimate of drug-likeness (QED) is 0.500. The summed E-state index contributed by atoms with van der Waals surface area (Å²) in [5.74, 6) is -0.492. The maximum atomic E-state index is 11.1. The van der Waals surface area contributed by atoms with Crippen molar-refractivity contribution in [2.75, 3.05) is 0 Å². The van der Waals surface area contributed by atoms with E-state index in [2.05, 4.69) is 0 Å². The van der Waals surface area contributed by atoms with E-state index in [-0.39, 0.29) is 0 Å². The first-order valence-electron chi connectivity index (χ1n) is 3.75. The fraction of sp³-hybridized carbons (Fsp3) is 0.111. The molecule has 66 valence electrons. The number of carbonyl (C=O) groups is 1. The Morgan fingerprint density at radius 3 is 2.62 bits per heavy atom. The fourth-order valence-electron chi connectivity index (χ4n) is 0.945. The van der Waals surface area contributed by atoms with Crippen LogP contribution in [0.1, 0.15) is 11.6 Å². The van der Waals surface area contributed by atoms with E-state index in [1.165, 1.54) is 6.19 Å². The van der Waals surface area contributed by atoms with Gasteiger partial charge in [-0.1, -0.05) is 30.3 Å². The van der Waals surface area contributed by atoms with Crippen molar-refractivity contribution in [2.45, 2.75) is 6.04 Å². The second-order valence-corrected chi connectivity index (χ2v) is 2.49. The summed E-state index contributed by atoms with van der Waals surface area (Å²) in [6.45, 7) is 0. The molecule has 0 saturated carbocycles. The average Bonchev–Trinajstić information content (AvgIpc) is 2.18. The first-order valence-corrected chi connectivity index (χ1v) is 3.75. The molecule has 1 aromatic rings. The van der Waals surface area contributed by atoms with Gasteiger partial charge in [0.05, 0.1) is 0 Å². The van der Waals surface area contributed by atoms with Crippen molar-refractivity contribution in [2.24, 2.45) is 5.73 Å². The van der Waals surface area contributed by atoms with Gasteiger partial charge in [-0.25, -0.2) is 0 Å². The molecule has 0 spiro atoms. The number of nitrogens with one attached hydrogen (secondary N) is 1. The highest BCUT2D eigenvalue weighted by atomic mass is 16.2. The summed E-state index contributed by atoms with van der Waals surface area (Å²) in [6.07, 6.45) is 1.54. The Kier molecular flexibility index (Phi) is 3.01. The summed E-state index contributed by atoms with van der Waals surface area (Å²) < 4.78 is 0. The van der Waals surface area contributed by atoms with Crippen LogP contribution in [-0.2, 0) is 4.79 Å². The molecule has 1 atom stereocenters. The molecular formula is C9H9N3O.